The first-order chi connectivity index (χ1) is 15.2. The SMILES string of the molecule is CN1CCN(S(=O)(=O)c2cccc(NC(=O)CCNC(=O)c3ccc(F)cc3F)c2)CC1. The van der Waals surface area contributed by atoms with Gasteiger partial charge in [-0.25, -0.2) is 17.2 Å². The van der Waals surface area contributed by atoms with Crippen LogP contribution >= 0.6 is 0 Å². The normalized spacial score (nSPS) is 15.3. The molecule has 2 N–H and O–H groups in total. The molecule has 2 aromatic rings. The van der Waals surface area contributed by atoms with Gasteiger partial charge in [0.25, 0.3) is 5.91 Å². The zero-order chi connectivity index (χ0) is 23.3. The molecule has 11 heteroatoms. The number of rotatable bonds is 7. The van der Waals surface area contributed by atoms with E-state index in [-0.39, 0.29) is 23.4 Å². The minimum atomic E-state index is -3.67. The molecule has 2 aromatic carbocycles. The molecule has 0 aromatic heterocycles. The fourth-order valence-corrected chi connectivity index (χ4v) is 4.66. The molecule has 0 bridgehead atoms. The first kappa shape index (κ1) is 23.8. The van der Waals surface area contributed by atoms with Crippen LogP contribution in [-0.2, 0) is 14.8 Å². The smallest absolute Gasteiger partial charge is 0.254 e. The van der Waals surface area contributed by atoms with Gasteiger partial charge in [0.2, 0.25) is 15.9 Å². The Morgan fingerprint density at radius 1 is 1.03 bits per heavy atom. The van der Waals surface area contributed by atoms with Gasteiger partial charge in [0.05, 0.1) is 10.5 Å². The maximum Gasteiger partial charge on any atom is 0.254 e. The van der Waals surface area contributed by atoms with Gasteiger partial charge in [0.15, 0.2) is 0 Å². The van der Waals surface area contributed by atoms with Crippen LogP contribution in [0.5, 0.6) is 0 Å². The Hall–Kier alpha value is -2.89. The second kappa shape index (κ2) is 10.2. The maximum absolute atomic E-state index is 13.6. The summed E-state index contributed by atoms with van der Waals surface area (Å²) in [7, 11) is -1.74. The summed E-state index contributed by atoms with van der Waals surface area (Å²) in [4.78, 5) is 26.3. The van der Waals surface area contributed by atoms with E-state index in [4.69, 9.17) is 0 Å². The lowest BCUT2D eigenvalue weighted by atomic mass is 10.2. The number of sulfonamides is 1. The maximum atomic E-state index is 13.6. The summed E-state index contributed by atoms with van der Waals surface area (Å²) in [5.74, 6) is -3.02. The van der Waals surface area contributed by atoms with Gasteiger partial charge in [-0.05, 0) is 37.4 Å². The van der Waals surface area contributed by atoms with Gasteiger partial charge in [-0.2, -0.15) is 4.31 Å². The number of benzene rings is 2. The van der Waals surface area contributed by atoms with Crippen molar-refractivity contribution in [1.29, 1.82) is 0 Å². The highest BCUT2D eigenvalue weighted by atomic mass is 32.2. The van der Waals surface area contributed by atoms with E-state index in [1.54, 1.807) is 6.07 Å². The molecule has 8 nitrogen and oxygen atoms in total. The molecule has 1 heterocycles. The third-order valence-corrected chi connectivity index (χ3v) is 6.93. The van der Waals surface area contributed by atoms with Gasteiger partial charge in [0, 0.05) is 50.9 Å². The number of hydrogen-bond donors (Lipinski definition) is 2. The number of halogens is 2. The fraction of sp³-hybridized carbons (Fsp3) is 0.333. The topological polar surface area (TPSA) is 98.8 Å². The largest absolute Gasteiger partial charge is 0.351 e. The zero-order valence-corrected chi connectivity index (χ0v) is 18.3. The highest BCUT2D eigenvalue weighted by molar-refractivity contribution is 7.89. The number of carbonyl (C=O) groups is 2. The number of anilines is 1. The first-order valence-electron chi connectivity index (χ1n) is 9.98. The molecule has 1 saturated heterocycles. The number of nitrogens with one attached hydrogen (secondary N) is 2. The number of hydrogen-bond acceptors (Lipinski definition) is 5. The van der Waals surface area contributed by atoms with Crippen molar-refractivity contribution in [1.82, 2.24) is 14.5 Å². The Kier molecular flexibility index (Phi) is 7.54. The van der Waals surface area contributed by atoms with Crippen LogP contribution in [0.4, 0.5) is 14.5 Å². The third kappa shape index (κ3) is 5.87. The highest BCUT2D eigenvalue weighted by Crippen LogP contribution is 2.21. The van der Waals surface area contributed by atoms with E-state index >= 15 is 0 Å². The van der Waals surface area contributed by atoms with Crippen LogP contribution in [0.15, 0.2) is 47.4 Å². The number of nitrogens with zero attached hydrogens (tertiary/aromatic N) is 2. The van der Waals surface area contributed by atoms with Crippen LogP contribution in [0.1, 0.15) is 16.8 Å². The zero-order valence-electron chi connectivity index (χ0n) is 17.5. The second-order valence-corrected chi connectivity index (χ2v) is 9.35. The minimum Gasteiger partial charge on any atom is -0.351 e. The molecule has 1 aliphatic rings. The van der Waals surface area contributed by atoms with Crippen molar-refractivity contribution in [2.45, 2.75) is 11.3 Å². The van der Waals surface area contributed by atoms with Gasteiger partial charge in [-0.3, -0.25) is 9.59 Å². The summed E-state index contributed by atoms with van der Waals surface area (Å²) < 4.78 is 53.7. The fourth-order valence-electron chi connectivity index (χ4n) is 3.19. The van der Waals surface area contributed by atoms with Crippen LogP contribution in [-0.4, -0.2) is 69.2 Å². The van der Waals surface area contributed by atoms with Crippen molar-refractivity contribution in [2.75, 3.05) is 45.1 Å². The van der Waals surface area contributed by atoms with Gasteiger partial charge in [-0.1, -0.05) is 6.07 Å². The van der Waals surface area contributed by atoms with Crippen molar-refractivity contribution < 1.29 is 26.8 Å². The van der Waals surface area contributed by atoms with Gasteiger partial charge in [0.1, 0.15) is 11.6 Å². The first-order valence-corrected chi connectivity index (χ1v) is 11.4. The van der Waals surface area contributed by atoms with Crippen molar-refractivity contribution in [3.8, 4) is 0 Å². The predicted octanol–water partition coefficient (Wildman–Crippen LogP) is 1.66. The van der Waals surface area contributed by atoms with Crippen LogP contribution in [0, 0.1) is 11.6 Å². The molecule has 1 fully saturated rings. The average Bonchev–Trinajstić information content (AvgIpc) is 2.74. The summed E-state index contributed by atoms with van der Waals surface area (Å²) in [5, 5.41) is 4.98. The van der Waals surface area contributed by atoms with E-state index in [9.17, 15) is 26.8 Å². The summed E-state index contributed by atoms with van der Waals surface area (Å²) >= 11 is 0. The standard InChI is InChI=1S/C21H24F2N4O4S/c1-26-9-11-27(12-10-26)32(30,31)17-4-2-3-16(14-17)25-20(28)7-8-24-21(29)18-6-5-15(22)13-19(18)23/h2-6,13-14H,7-12H2,1H3,(H,24,29)(H,25,28). The molecule has 3 rings (SSSR count). The molecule has 0 aliphatic carbocycles. The lowest BCUT2D eigenvalue weighted by Crippen LogP contribution is -2.47. The molecule has 0 atom stereocenters. The Bertz CT molecular complexity index is 1100. The van der Waals surface area contributed by atoms with Crippen molar-refractivity contribution >= 4 is 27.5 Å². The van der Waals surface area contributed by atoms with Crippen LogP contribution in [0.25, 0.3) is 0 Å². The summed E-state index contributed by atoms with van der Waals surface area (Å²) in [6, 6.07) is 8.55. The number of likely N-dealkylation sites (N-methyl/N-ethyl adjacent to an activating group) is 1. The van der Waals surface area contributed by atoms with E-state index in [0.29, 0.717) is 37.9 Å². The number of amides is 2. The molecule has 0 saturated carbocycles. The van der Waals surface area contributed by atoms with Crippen molar-refractivity contribution in [3.05, 3.63) is 59.7 Å². The molecule has 0 spiro atoms. The summed E-state index contributed by atoms with van der Waals surface area (Å²) in [6.45, 7) is 1.99. The van der Waals surface area contributed by atoms with Gasteiger partial charge in [-0.15, -0.1) is 0 Å². The quantitative estimate of drug-likeness (QED) is 0.647. The molecule has 172 valence electrons. The van der Waals surface area contributed by atoms with Crippen molar-refractivity contribution in [3.63, 3.8) is 0 Å². The Morgan fingerprint density at radius 2 is 1.75 bits per heavy atom. The van der Waals surface area contributed by atoms with Crippen LogP contribution < -0.4 is 10.6 Å². The van der Waals surface area contributed by atoms with E-state index in [0.717, 1.165) is 12.1 Å². The summed E-state index contributed by atoms with van der Waals surface area (Å²) in [6.07, 6.45) is -0.121. The van der Waals surface area contributed by atoms with Crippen LogP contribution in [0.2, 0.25) is 0 Å². The minimum absolute atomic E-state index is 0.0826. The van der Waals surface area contributed by atoms with Gasteiger partial charge >= 0.3 is 0 Å². The Labute approximate surface area is 185 Å². The molecule has 0 unspecified atom stereocenters. The molecule has 1 aliphatic heterocycles. The van der Waals surface area contributed by atoms with E-state index in [1.807, 2.05) is 11.9 Å². The second-order valence-electron chi connectivity index (χ2n) is 7.41. The van der Waals surface area contributed by atoms with E-state index in [2.05, 4.69) is 10.6 Å². The molecule has 32 heavy (non-hydrogen) atoms. The monoisotopic (exact) mass is 466 g/mol. The number of piperazine rings is 1. The van der Waals surface area contributed by atoms with Gasteiger partial charge < -0.3 is 15.5 Å². The Balaban J connectivity index is 1.55. The molecular formula is C21H24F2N4O4S. The van der Waals surface area contributed by atoms with E-state index < -0.39 is 33.5 Å². The molecular weight excluding hydrogens is 442 g/mol. The lowest BCUT2D eigenvalue weighted by molar-refractivity contribution is -0.116. The average molecular weight is 467 g/mol. The third-order valence-electron chi connectivity index (χ3n) is 5.03. The molecule has 2 amide bonds. The van der Waals surface area contributed by atoms with Crippen LogP contribution in [0.3, 0.4) is 0 Å². The summed E-state index contributed by atoms with van der Waals surface area (Å²) in [5.41, 5.74) is -0.0188. The Morgan fingerprint density at radius 3 is 2.44 bits per heavy atom. The van der Waals surface area contributed by atoms with E-state index in [1.165, 1.54) is 22.5 Å². The number of carbonyl (C=O) groups excluding carboxylic acids is 2. The van der Waals surface area contributed by atoms with Crippen molar-refractivity contribution in [2.24, 2.45) is 0 Å². The lowest BCUT2D eigenvalue weighted by Gasteiger charge is -2.31. The predicted molar refractivity (Wildman–Crippen MR) is 115 cm³/mol. The highest BCUT2D eigenvalue weighted by Gasteiger charge is 2.27. The molecule has 0 radical (unpaired) electrons.